The minimum absolute atomic E-state index is 0.0315. The van der Waals surface area contributed by atoms with Gasteiger partial charge in [-0.15, -0.1) is 0 Å². The van der Waals surface area contributed by atoms with Crippen molar-refractivity contribution in [3.63, 3.8) is 0 Å². The van der Waals surface area contributed by atoms with Crippen LogP contribution in [0, 0.1) is 6.92 Å². The molecular formula is C26H28O5. The van der Waals surface area contributed by atoms with Crippen LogP contribution in [0.5, 0.6) is 17.2 Å². The van der Waals surface area contributed by atoms with Gasteiger partial charge in [0, 0.05) is 11.6 Å². The summed E-state index contributed by atoms with van der Waals surface area (Å²) in [7, 11) is 0. The van der Waals surface area contributed by atoms with Crippen LogP contribution in [0.15, 0.2) is 57.0 Å². The Kier molecular flexibility index (Phi) is 6.25. The number of hydrogen-bond acceptors (Lipinski definition) is 5. The lowest BCUT2D eigenvalue weighted by molar-refractivity contribution is 0.447. The molecule has 0 aliphatic heterocycles. The molecule has 162 valence electrons. The summed E-state index contributed by atoms with van der Waals surface area (Å²) in [5.41, 5.74) is 4.64. The van der Waals surface area contributed by atoms with Gasteiger partial charge in [-0.3, -0.25) is 4.79 Å². The standard InChI is InChI=1S/C26H28O5/c1-14(2)6-8-17-11-18(10-16(5)24(17)29)20-13-31-26-19(9-7-15(3)4)21(27)12-22(28)23(26)25(20)30/h6-7,10-13,27-29H,8-9H2,1-5H3. The summed E-state index contributed by atoms with van der Waals surface area (Å²) in [5.74, 6) is -0.254. The summed E-state index contributed by atoms with van der Waals surface area (Å²) in [6.45, 7) is 9.62. The maximum atomic E-state index is 13.3. The van der Waals surface area contributed by atoms with Crippen LogP contribution in [0.25, 0.3) is 22.1 Å². The molecule has 0 aliphatic rings. The normalized spacial score (nSPS) is 10.9. The molecule has 3 rings (SSSR count). The molecule has 0 unspecified atom stereocenters. The Morgan fingerprint density at radius 1 is 0.935 bits per heavy atom. The third-order valence-corrected chi connectivity index (χ3v) is 5.24. The average Bonchev–Trinajstić information content (AvgIpc) is 2.68. The number of phenolic OH excluding ortho intramolecular Hbond substituents is 3. The second-order valence-electron chi connectivity index (χ2n) is 8.35. The van der Waals surface area contributed by atoms with Gasteiger partial charge in [-0.2, -0.15) is 0 Å². The van der Waals surface area contributed by atoms with E-state index < -0.39 is 5.43 Å². The average molecular weight is 421 g/mol. The molecule has 0 fully saturated rings. The Morgan fingerprint density at radius 3 is 2.23 bits per heavy atom. The van der Waals surface area contributed by atoms with E-state index in [2.05, 4.69) is 0 Å². The van der Waals surface area contributed by atoms with Crippen molar-refractivity contribution in [3.8, 4) is 28.4 Å². The minimum atomic E-state index is -0.393. The fraction of sp³-hybridized carbons (Fsp3) is 0.269. The van der Waals surface area contributed by atoms with Crippen LogP contribution in [0.3, 0.4) is 0 Å². The number of aryl methyl sites for hydroxylation is 1. The van der Waals surface area contributed by atoms with Crippen molar-refractivity contribution in [2.45, 2.75) is 47.5 Å². The molecule has 0 saturated heterocycles. The smallest absolute Gasteiger partial charge is 0.204 e. The fourth-order valence-electron chi connectivity index (χ4n) is 3.51. The van der Waals surface area contributed by atoms with Crippen molar-refractivity contribution in [2.24, 2.45) is 0 Å². The maximum absolute atomic E-state index is 13.3. The van der Waals surface area contributed by atoms with E-state index in [1.807, 2.05) is 39.8 Å². The van der Waals surface area contributed by atoms with Crippen molar-refractivity contribution in [3.05, 3.63) is 74.7 Å². The van der Waals surface area contributed by atoms with Gasteiger partial charge >= 0.3 is 0 Å². The SMILES string of the molecule is CC(C)=CCc1cc(-c2coc3c(CC=C(C)C)c(O)cc(O)c3c2=O)cc(C)c1O. The lowest BCUT2D eigenvalue weighted by atomic mass is 9.96. The van der Waals surface area contributed by atoms with Crippen molar-refractivity contribution in [1.29, 1.82) is 0 Å². The number of phenols is 3. The predicted molar refractivity (Wildman–Crippen MR) is 124 cm³/mol. The first kappa shape index (κ1) is 22.2. The zero-order chi connectivity index (χ0) is 22.9. The van der Waals surface area contributed by atoms with E-state index in [4.69, 9.17) is 4.42 Å². The van der Waals surface area contributed by atoms with Crippen molar-refractivity contribution >= 4 is 11.0 Å². The molecule has 0 spiro atoms. The zero-order valence-corrected chi connectivity index (χ0v) is 18.5. The van der Waals surface area contributed by atoms with Gasteiger partial charge in [-0.05, 0) is 76.3 Å². The highest BCUT2D eigenvalue weighted by Crippen LogP contribution is 2.36. The van der Waals surface area contributed by atoms with E-state index >= 15 is 0 Å². The molecule has 2 aromatic carbocycles. The summed E-state index contributed by atoms with van der Waals surface area (Å²) in [6, 6.07) is 4.67. The van der Waals surface area contributed by atoms with Crippen molar-refractivity contribution in [2.75, 3.05) is 0 Å². The van der Waals surface area contributed by atoms with Crippen LogP contribution >= 0.6 is 0 Å². The highest BCUT2D eigenvalue weighted by atomic mass is 16.3. The van der Waals surface area contributed by atoms with Crippen LogP contribution in [-0.2, 0) is 12.8 Å². The zero-order valence-electron chi connectivity index (χ0n) is 18.5. The van der Waals surface area contributed by atoms with Gasteiger partial charge in [0.25, 0.3) is 0 Å². The Morgan fingerprint density at radius 2 is 1.58 bits per heavy atom. The first-order chi connectivity index (χ1) is 14.6. The third kappa shape index (κ3) is 4.50. The maximum Gasteiger partial charge on any atom is 0.204 e. The quantitative estimate of drug-likeness (QED) is 0.447. The van der Waals surface area contributed by atoms with E-state index in [9.17, 15) is 20.1 Å². The summed E-state index contributed by atoms with van der Waals surface area (Å²) >= 11 is 0. The molecular weight excluding hydrogens is 392 g/mol. The summed E-state index contributed by atoms with van der Waals surface area (Å²) in [5, 5.41) is 31.2. The number of fused-ring (bicyclic) bond motifs is 1. The minimum Gasteiger partial charge on any atom is -0.507 e. The molecule has 0 radical (unpaired) electrons. The molecule has 3 N–H and O–H groups in total. The molecule has 0 aliphatic carbocycles. The molecule has 5 nitrogen and oxygen atoms in total. The van der Waals surface area contributed by atoms with E-state index in [-0.39, 0.29) is 33.8 Å². The molecule has 31 heavy (non-hydrogen) atoms. The molecule has 0 atom stereocenters. The Bertz CT molecular complexity index is 1270. The van der Waals surface area contributed by atoms with Crippen LogP contribution < -0.4 is 5.43 Å². The first-order valence-corrected chi connectivity index (χ1v) is 10.2. The molecule has 5 heteroatoms. The van der Waals surface area contributed by atoms with E-state index in [1.54, 1.807) is 19.1 Å². The molecule has 1 heterocycles. The number of hydrogen-bond donors (Lipinski definition) is 3. The fourth-order valence-corrected chi connectivity index (χ4v) is 3.51. The van der Waals surface area contributed by atoms with Crippen LogP contribution in [-0.4, -0.2) is 15.3 Å². The molecule has 0 bridgehead atoms. The number of rotatable bonds is 5. The molecule has 0 saturated carbocycles. The molecule has 1 aromatic heterocycles. The van der Waals surface area contributed by atoms with E-state index in [0.29, 0.717) is 35.1 Å². The van der Waals surface area contributed by atoms with Crippen LogP contribution in [0.1, 0.15) is 44.4 Å². The van der Waals surface area contributed by atoms with Crippen LogP contribution in [0.4, 0.5) is 0 Å². The lowest BCUT2D eigenvalue weighted by Gasteiger charge is -2.12. The van der Waals surface area contributed by atoms with Crippen molar-refractivity contribution in [1.82, 2.24) is 0 Å². The Hall–Kier alpha value is -3.47. The highest BCUT2D eigenvalue weighted by molar-refractivity contribution is 5.91. The lowest BCUT2D eigenvalue weighted by Crippen LogP contribution is -2.07. The highest BCUT2D eigenvalue weighted by Gasteiger charge is 2.19. The summed E-state index contributed by atoms with van der Waals surface area (Å²) in [6.07, 6.45) is 6.18. The Labute approximate surface area is 181 Å². The van der Waals surface area contributed by atoms with Crippen molar-refractivity contribution < 1.29 is 19.7 Å². The molecule has 0 amide bonds. The summed E-state index contributed by atoms with van der Waals surface area (Å²) in [4.78, 5) is 13.3. The number of allylic oxidation sites excluding steroid dienone is 4. The third-order valence-electron chi connectivity index (χ3n) is 5.24. The van der Waals surface area contributed by atoms with Gasteiger partial charge in [0.15, 0.2) is 0 Å². The second-order valence-corrected chi connectivity index (χ2v) is 8.35. The van der Waals surface area contributed by atoms with Gasteiger partial charge in [-0.1, -0.05) is 23.3 Å². The van der Waals surface area contributed by atoms with E-state index in [0.717, 1.165) is 11.1 Å². The Balaban J connectivity index is 2.24. The van der Waals surface area contributed by atoms with Crippen LogP contribution in [0.2, 0.25) is 0 Å². The molecule has 3 aromatic rings. The van der Waals surface area contributed by atoms with E-state index in [1.165, 1.54) is 12.3 Å². The number of benzene rings is 2. The monoisotopic (exact) mass is 420 g/mol. The van der Waals surface area contributed by atoms with Gasteiger partial charge in [0.2, 0.25) is 5.43 Å². The predicted octanol–water partition coefficient (Wildman–Crippen LogP) is 5.90. The number of aromatic hydroxyl groups is 3. The topological polar surface area (TPSA) is 90.9 Å². The van der Waals surface area contributed by atoms with Gasteiger partial charge in [0.05, 0.1) is 5.56 Å². The summed E-state index contributed by atoms with van der Waals surface area (Å²) < 4.78 is 5.79. The van der Waals surface area contributed by atoms with Gasteiger partial charge in [-0.25, -0.2) is 0 Å². The largest absolute Gasteiger partial charge is 0.507 e. The van der Waals surface area contributed by atoms with Gasteiger partial charge < -0.3 is 19.7 Å². The van der Waals surface area contributed by atoms with Gasteiger partial charge in [0.1, 0.15) is 34.5 Å². The first-order valence-electron chi connectivity index (χ1n) is 10.2. The second kappa shape index (κ2) is 8.72.